The SMILES string of the molecule is CCn1nc(C)c2nc(CCCl)n(C3CCS(=O)(=O)C3)c21. The summed E-state index contributed by atoms with van der Waals surface area (Å²) < 4.78 is 27.6. The minimum atomic E-state index is -2.95. The minimum absolute atomic E-state index is 0.0559. The van der Waals surface area contributed by atoms with Crippen molar-refractivity contribution >= 4 is 32.6 Å². The van der Waals surface area contributed by atoms with Gasteiger partial charge in [-0.3, -0.25) is 0 Å². The van der Waals surface area contributed by atoms with Gasteiger partial charge in [-0.2, -0.15) is 5.10 Å². The second-order valence-corrected chi connectivity index (χ2v) is 8.07. The third-order valence-electron chi connectivity index (χ3n) is 4.01. The lowest BCUT2D eigenvalue weighted by molar-refractivity contribution is 0.527. The van der Waals surface area contributed by atoms with Crippen LogP contribution in [0.3, 0.4) is 0 Å². The van der Waals surface area contributed by atoms with Crippen LogP contribution in [0.25, 0.3) is 11.2 Å². The number of sulfone groups is 1. The highest BCUT2D eigenvalue weighted by molar-refractivity contribution is 7.91. The highest BCUT2D eigenvalue weighted by atomic mass is 35.5. The number of nitrogens with zero attached hydrogens (tertiary/aromatic N) is 4. The molecule has 0 radical (unpaired) electrons. The molecule has 0 amide bonds. The van der Waals surface area contributed by atoms with Gasteiger partial charge >= 0.3 is 0 Å². The molecule has 3 rings (SSSR count). The van der Waals surface area contributed by atoms with Crippen LogP contribution in [0.15, 0.2) is 0 Å². The van der Waals surface area contributed by atoms with Gasteiger partial charge in [0, 0.05) is 18.8 Å². The molecule has 0 spiro atoms. The average Bonchev–Trinajstić information content (AvgIpc) is 3.04. The molecule has 8 heteroatoms. The molecule has 1 saturated heterocycles. The van der Waals surface area contributed by atoms with Crippen LogP contribution in [0.2, 0.25) is 0 Å². The molecule has 0 bridgehead atoms. The summed E-state index contributed by atoms with van der Waals surface area (Å²) in [5, 5.41) is 4.49. The van der Waals surface area contributed by atoms with Crippen molar-refractivity contribution in [1.82, 2.24) is 19.3 Å². The molecule has 2 aromatic heterocycles. The van der Waals surface area contributed by atoms with Crippen molar-refractivity contribution in [3.05, 3.63) is 11.5 Å². The first-order valence-electron chi connectivity index (χ1n) is 7.17. The van der Waals surface area contributed by atoms with Crippen molar-refractivity contribution < 1.29 is 8.42 Å². The fraction of sp³-hybridized carbons (Fsp3) is 0.692. The van der Waals surface area contributed by atoms with E-state index in [-0.39, 0.29) is 17.5 Å². The number of aromatic nitrogens is 4. The summed E-state index contributed by atoms with van der Waals surface area (Å²) >= 11 is 5.88. The Hall–Kier alpha value is -1.08. The third-order valence-corrected chi connectivity index (χ3v) is 5.95. The zero-order valence-electron chi connectivity index (χ0n) is 12.2. The first kappa shape index (κ1) is 14.8. The molecule has 1 aliphatic rings. The molecule has 1 aliphatic heterocycles. The molecular formula is C13H19ClN4O2S. The van der Waals surface area contributed by atoms with Crippen LogP contribution in [-0.2, 0) is 22.8 Å². The van der Waals surface area contributed by atoms with Crippen LogP contribution in [0, 0.1) is 6.92 Å². The molecular weight excluding hydrogens is 312 g/mol. The van der Waals surface area contributed by atoms with Crippen molar-refractivity contribution in [1.29, 1.82) is 0 Å². The van der Waals surface area contributed by atoms with E-state index in [1.165, 1.54) is 0 Å². The van der Waals surface area contributed by atoms with E-state index in [1.54, 1.807) is 0 Å². The summed E-state index contributed by atoms with van der Waals surface area (Å²) in [6.45, 7) is 4.69. The van der Waals surface area contributed by atoms with Gasteiger partial charge in [-0.25, -0.2) is 18.1 Å². The number of aryl methyl sites for hydroxylation is 3. The molecule has 116 valence electrons. The van der Waals surface area contributed by atoms with Gasteiger partial charge < -0.3 is 4.57 Å². The molecule has 0 N–H and O–H groups in total. The highest BCUT2D eigenvalue weighted by Gasteiger charge is 2.33. The maximum absolute atomic E-state index is 11.8. The maximum Gasteiger partial charge on any atom is 0.159 e. The molecule has 21 heavy (non-hydrogen) atoms. The number of alkyl halides is 1. The van der Waals surface area contributed by atoms with Gasteiger partial charge in [0.25, 0.3) is 0 Å². The largest absolute Gasteiger partial charge is 0.309 e. The molecule has 1 fully saturated rings. The summed E-state index contributed by atoms with van der Waals surface area (Å²) in [7, 11) is -2.95. The van der Waals surface area contributed by atoms with Gasteiger partial charge in [0.1, 0.15) is 11.3 Å². The number of fused-ring (bicyclic) bond motifs is 1. The molecule has 1 unspecified atom stereocenters. The van der Waals surface area contributed by atoms with Crippen molar-refractivity contribution in [2.75, 3.05) is 17.4 Å². The van der Waals surface area contributed by atoms with Crippen LogP contribution in [0.4, 0.5) is 0 Å². The second kappa shape index (κ2) is 5.28. The average molecular weight is 331 g/mol. The van der Waals surface area contributed by atoms with Gasteiger partial charge in [0.2, 0.25) is 0 Å². The lowest BCUT2D eigenvalue weighted by Crippen LogP contribution is -2.16. The molecule has 1 atom stereocenters. The van der Waals surface area contributed by atoms with E-state index in [9.17, 15) is 8.42 Å². The molecule has 0 aromatic carbocycles. The monoisotopic (exact) mass is 330 g/mol. The summed E-state index contributed by atoms with van der Waals surface area (Å²) in [5.41, 5.74) is 2.67. The van der Waals surface area contributed by atoms with E-state index in [0.29, 0.717) is 18.7 Å². The normalized spacial score (nSPS) is 21.4. The summed E-state index contributed by atoms with van der Waals surface area (Å²) in [5.74, 6) is 1.76. The predicted molar refractivity (Wildman–Crippen MR) is 82.7 cm³/mol. The zero-order valence-corrected chi connectivity index (χ0v) is 13.8. The molecule has 3 heterocycles. The van der Waals surface area contributed by atoms with E-state index >= 15 is 0 Å². The van der Waals surface area contributed by atoms with E-state index in [2.05, 4.69) is 14.6 Å². The van der Waals surface area contributed by atoms with Gasteiger partial charge in [-0.1, -0.05) is 0 Å². The molecule has 0 saturated carbocycles. The van der Waals surface area contributed by atoms with E-state index in [0.717, 1.165) is 29.2 Å². The Bertz CT molecular complexity index is 778. The van der Waals surface area contributed by atoms with Gasteiger partial charge in [0.15, 0.2) is 15.5 Å². The number of halogens is 1. The third kappa shape index (κ3) is 2.46. The van der Waals surface area contributed by atoms with E-state index in [4.69, 9.17) is 11.6 Å². The number of imidazole rings is 1. The fourth-order valence-corrected chi connectivity index (χ4v) is 4.95. The molecule has 0 aliphatic carbocycles. The van der Waals surface area contributed by atoms with Crippen molar-refractivity contribution in [2.24, 2.45) is 0 Å². The van der Waals surface area contributed by atoms with Crippen LogP contribution >= 0.6 is 11.6 Å². The Balaban J connectivity index is 2.20. The van der Waals surface area contributed by atoms with Crippen molar-refractivity contribution in [3.8, 4) is 0 Å². The quantitative estimate of drug-likeness (QED) is 0.800. The van der Waals surface area contributed by atoms with Crippen LogP contribution in [0.5, 0.6) is 0 Å². The summed E-state index contributed by atoms with van der Waals surface area (Å²) in [6.07, 6.45) is 1.27. The highest BCUT2D eigenvalue weighted by Crippen LogP contribution is 2.31. The second-order valence-electron chi connectivity index (χ2n) is 5.47. The Morgan fingerprint density at radius 2 is 2.19 bits per heavy atom. The Labute approximate surface area is 129 Å². The summed E-state index contributed by atoms with van der Waals surface area (Å²) in [6, 6.07) is -0.0559. The minimum Gasteiger partial charge on any atom is -0.309 e. The van der Waals surface area contributed by atoms with Gasteiger partial charge in [-0.15, -0.1) is 11.6 Å². The van der Waals surface area contributed by atoms with E-state index < -0.39 is 9.84 Å². The Morgan fingerprint density at radius 1 is 1.43 bits per heavy atom. The lowest BCUT2D eigenvalue weighted by Gasteiger charge is -2.15. The molecule has 2 aromatic rings. The maximum atomic E-state index is 11.8. The fourth-order valence-electron chi connectivity index (χ4n) is 3.08. The van der Waals surface area contributed by atoms with Crippen LogP contribution in [-0.4, -0.2) is 45.1 Å². The molecule has 6 nitrogen and oxygen atoms in total. The number of hydrogen-bond donors (Lipinski definition) is 0. The standard InChI is InChI=1S/C13H19ClN4O2S/c1-3-17-13-12(9(2)16-17)15-11(4-6-14)18(13)10-5-7-21(19,20)8-10/h10H,3-8H2,1-2H3. The van der Waals surface area contributed by atoms with Crippen molar-refractivity contribution in [3.63, 3.8) is 0 Å². The Morgan fingerprint density at radius 3 is 2.76 bits per heavy atom. The van der Waals surface area contributed by atoms with E-state index in [1.807, 2.05) is 18.5 Å². The first-order valence-corrected chi connectivity index (χ1v) is 9.53. The predicted octanol–water partition coefficient (Wildman–Crippen LogP) is 1.70. The van der Waals surface area contributed by atoms with Crippen LogP contribution in [0.1, 0.15) is 30.9 Å². The lowest BCUT2D eigenvalue weighted by atomic mass is 10.2. The summed E-state index contributed by atoms with van der Waals surface area (Å²) in [4.78, 5) is 4.66. The number of hydrogen-bond acceptors (Lipinski definition) is 4. The topological polar surface area (TPSA) is 69.8 Å². The van der Waals surface area contributed by atoms with Crippen molar-refractivity contribution in [2.45, 2.75) is 39.3 Å². The van der Waals surface area contributed by atoms with Gasteiger partial charge in [-0.05, 0) is 20.3 Å². The Kier molecular flexibility index (Phi) is 3.73. The van der Waals surface area contributed by atoms with Gasteiger partial charge in [0.05, 0.1) is 23.2 Å². The van der Waals surface area contributed by atoms with Crippen LogP contribution < -0.4 is 0 Å². The first-order chi connectivity index (χ1) is 9.96. The zero-order chi connectivity index (χ0) is 15.2. The number of rotatable bonds is 4. The smallest absolute Gasteiger partial charge is 0.159 e.